The topological polar surface area (TPSA) is 72.5 Å². The zero-order valence-electron chi connectivity index (χ0n) is 15.6. The van der Waals surface area contributed by atoms with Gasteiger partial charge in [0, 0.05) is 5.38 Å². The van der Waals surface area contributed by atoms with E-state index >= 15 is 0 Å². The number of nitrogen functional groups attached to an aromatic ring is 1. The van der Waals surface area contributed by atoms with Crippen molar-refractivity contribution >= 4 is 28.5 Å². The number of nitrogens with one attached hydrogen (secondary N) is 1. The van der Waals surface area contributed by atoms with Gasteiger partial charge in [-0.2, -0.15) is 5.10 Å². The monoisotopic (exact) mass is 374 g/mol. The summed E-state index contributed by atoms with van der Waals surface area (Å²) >= 11 is 1.43. The molecule has 0 fully saturated rings. The van der Waals surface area contributed by atoms with E-state index in [1.54, 1.807) is 11.6 Å². The maximum absolute atomic E-state index is 5.80. The van der Waals surface area contributed by atoms with Crippen LogP contribution < -0.4 is 15.9 Å². The van der Waals surface area contributed by atoms with Crippen molar-refractivity contribution in [1.29, 1.82) is 0 Å². The number of thiazole rings is 1. The number of benzene rings is 1. The molecule has 0 aliphatic carbocycles. The lowest BCUT2D eigenvalue weighted by molar-refractivity contribution is 0.304. The van der Waals surface area contributed by atoms with Crippen molar-refractivity contribution < 1.29 is 4.74 Å². The first-order valence-corrected chi connectivity index (χ1v) is 10.4. The largest absolute Gasteiger partial charge is 0.494 e. The first-order valence-electron chi connectivity index (χ1n) is 9.51. The van der Waals surface area contributed by atoms with Crippen molar-refractivity contribution in [2.75, 3.05) is 17.8 Å². The Hall–Kier alpha value is -2.08. The van der Waals surface area contributed by atoms with Gasteiger partial charge in [-0.3, -0.25) is 5.43 Å². The zero-order chi connectivity index (χ0) is 18.5. The van der Waals surface area contributed by atoms with E-state index in [1.165, 1.54) is 56.3 Å². The minimum atomic E-state index is 0.505. The van der Waals surface area contributed by atoms with E-state index in [1.807, 2.05) is 24.3 Å². The van der Waals surface area contributed by atoms with Crippen LogP contribution in [0, 0.1) is 0 Å². The Balaban J connectivity index is 1.57. The van der Waals surface area contributed by atoms with E-state index in [0.717, 1.165) is 24.3 Å². The van der Waals surface area contributed by atoms with Gasteiger partial charge in [0.1, 0.15) is 11.6 Å². The van der Waals surface area contributed by atoms with E-state index in [9.17, 15) is 0 Å². The highest BCUT2D eigenvalue weighted by Gasteiger charge is 1.97. The highest BCUT2D eigenvalue weighted by Crippen LogP contribution is 2.16. The van der Waals surface area contributed by atoms with Crippen LogP contribution in [0.15, 0.2) is 34.7 Å². The fourth-order valence-corrected chi connectivity index (χ4v) is 3.12. The number of hydrogen-bond donors (Lipinski definition) is 2. The van der Waals surface area contributed by atoms with E-state index < -0.39 is 0 Å². The first kappa shape index (κ1) is 20.2. The van der Waals surface area contributed by atoms with Crippen LogP contribution in [0.25, 0.3) is 0 Å². The molecule has 0 aliphatic heterocycles. The van der Waals surface area contributed by atoms with Crippen LogP contribution in [-0.4, -0.2) is 17.8 Å². The number of hydrogen-bond acceptors (Lipinski definition) is 6. The summed E-state index contributed by atoms with van der Waals surface area (Å²) in [7, 11) is 0. The average molecular weight is 375 g/mol. The van der Waals surface area contributed by atoms with Crippen molar-refractivity contribution in [3.63, 3.8) is 0 Å². The second kappa shape index (κ2) is 12.3. The number of nitrogens with two attached hydrogens (primary N) is 1. The van der Waals surface area contributed by atoms with E-state index in [2.05, 4.69) is 22.4 Å². The van der Waals surface area contributed by atoms with Gasteiger partial charge < -0.3 is 10.5 Å². The third-order valence-corrected chi connectivity index (χ3v) is 4.81. The molecule has 0 amide bonds. The Labute approximate surface area is 160 Å². The molecule has 0 aliphatic rings. The van der Waals surface area contributed by atoms with Gasteiger partial charge in [0.25, 0.3) is 0 Å². The van der Waals surface area contributed by atoms with Crippen molar-refractivity contribution in [2.24, 2.45) is 5.10 Å². The molecule has 0 radical (unpaired) electrons. The van der Waals surface area contributed by atoms with Crippen LogP contribution in [0.1, 0.15) is 63.9 Å². The molecule has 2 aromatic rings. The Bertz CT molecular complexity index is 640. The molecule has 1 aromatic carbocycles. The number of anilines is 2. The van der Waals surface area contributed by atoms with Crippen molar-refractivity contribution in [2.45, 2.75) is 58.3 Å². The van der Waals surface area contributed by atoms with Crippen molar-refractivity contribution in [1.82, 2.24) is 4.98 Å². The Morgan fingerprint density at radius 2 is 1.77 bits per heavy atom. The number of unbranched alkanes of at least 4 members (excludes halogenated alkanes) is 7. The first-order chi connectivity index (χ1) is 12.8. The summed E-state index contributed by atoms with van der Waals surface area (Å²) < 4.78 is 5.80. The van der Waals surface area contributed by atoms with Gasteiger partial charge in [-0.05, 0) is 36.2 Å². The quantitative estimate of drug-likeness (QED) is 0.268. The van der Waals surface area contributed by atoms with Gasteiger partial charge in [-0.25, -0.2) is 4.98 Å². The summed E-state index contributed by atoms with van der Waals surface area (Å²) in [5, 5.41) is 6.61. The minimum Gasteiger partial charge on any atom is -0.494 e. The molecule has 1 aromatic heterocycles. The van der Waals surface area contributed by atoms with Crippen LogP contribution in [0.2, 0.25) is 0 Å². The highest BCUT2D eigenvalue weighted by atomic mass is 32.1. The van der Waals surface area contributed by atoms with Gasteiger partial charge in [0.2, 0.25) is 5.13 Å². The minimum absolute atomic E-state index is 0.505. The van der Waals surface area contributed by atoms with Crippen molar-refractivity contribution in [3.05, 3.63) is 35.2 Å². The molecule has 3 N–H and O–H groups in total. The summed E-state index contributed by atoms with van der Waals surface area (Å²) in [5.41, 5.74) is 9.43. The van der Waals surface area contributed by atoms with Gasteiger partial charge in [0.05, 0.1) is 12.8 Å². The summed E-state index contributed by atoms with van der Waals surface area (Å²) in [6, 6.07) is 7.94. The number of nitrogens with zero attached hydrogens (tertiary/aromatic N) is 2. The summed E-state index contributed by atoms with van der Waals surface area (Å²) in [4.78, 5) is 4.08. The molecule has 142 valence electrons. The maximum atomic E-state index is 5.80. The lowest BCUT2D eigenvalue weighted by Gasteiger charge is -2.06. The summed E-state index contributed by atoms with van der Waals surface area (Å²) in [5.74, 6) is 1.41. The molecule has 0 bridgehead atoms. The summed E-state index contributed by atoms with van der Waals surface area (Å²) in [6.45, 7) is 3.04. The third-order valence-electron chi connectivity index (χ3n) is 4.04. The SMILES string of the molecule is CCCCCCCCCCOc1ccc(C=NNc2nc(N)cs2)cc1. The molecule has 6 heteroatoms. The molecule has 0 unspecified atom stereocenters. The fraction of sp³-hybridized carbons (Fsp3) is 0.500. The molecule has 0 saturated carbocycles. The second-order valence-corrected chi connectivity index (χ2v) is 7.20. The Morgan fingerprint density at radius 3 is 2.42 bits per heavy atom. The van der Waals surface area contributed by atoms with E-state index in [0.29, 0.717) is 10.9 Å². The lowest BCUT2D eigenvalue weighted by Crippen LogP contribution is -1.97. The number of aromatic nitrogens is 1. The fourth-order valence-electron chi connectivity index (χ4n) is 2.58. The molecule has 26 heavy (non-hydrogen) atoms. The third kappa shape index (κ3) is 8.34. The van der Waals surface area contributed by atoms with Crippen LogP contribution in [0.5, 0.6) is 5.75 Å². The highest BCUT2D eigenvalue weighted by molar-refractivity contribution is 7.14. The van der Waals surface area contributed by atoms with E-state index in [-0.39, 0.29) is 0 Å². The summed E-state index contributed by atoms with van der Waals surface area (Å²) in [6.07, 6.45) is 12.3. The average Bonchev–Trinajstić information content (AvgIpc) is 3.07. The van der Waals surface area contributed by atoms with Crippen LogP contribution in [0.3, 0.4) is 0 Å². The van der Waals surface area contributed by atoms with Gasteiger partial charge in [-0.15, -0.1) is 11.3 Å². The van der Waals surface area contributed by atoms with Crippen LogP contribution >= 0.6 is 11.3 Å². The van der Waals surface area contributed by atoms with E-state index in [4.69, 9.17) is 10.5 Å². The Morgan fingerprint density at radius 1 is 1.08 bits per heavy atom. The number of rotatable bonds is 13. The van der Waals surface area contributed by atoms with Gasteiger partial charge >= 0.3 is 0 Å². The molecule has 2 rings (SSSR count). The zero-order valence-corrected chi connectivity index (χ0v) is 16.4. The van der Waals surface area contributed by atoms with Gasteiger partial charge in [0.15, 0.2) is 0 Å². The predicted molar refractivity (Wildman–Crippen MR) is 112 cm³/mol. The normalized spacial score (nSPS) is 11.1. The molecule has 5 nitrogen and oxygen atoms in total. The Kier molecular flexibility index (Phi) is 9.57. The second-order valence-electron chi connectivity index (χ2n) is 6.34. The molecule has 1 heterocycles. The van der Waals surface area contributed by atoms with Crippen molar-refractivity contribution in [3.8, 4) is 5.75 Å². The molecule has 0 saturated heterocycles. The molecule has 0 atom stereocenters. The molecular weight excluding hydrogens is 344 g/mol. The maximum Gasteiger partial charge on any atom is 0.205 e. The van der Waals surface area contributed by atoms with Gasteiger partial charge in [-0.1, -0.05) is 51.9 Å². The number of hydrazone groups is 1. The lowest BCUT2D eigenvalue weighted by atomic mass is 10.1. The smallest absolute Gasteiger partial charge is 0.205 e. The number of ether oxygens (including phenoxy) is 1. The van der Waals surface area contributed by atoms with Crippen LogP contribution in [0.4, 0.5) is 10.9 Å². The predicted octanol–water partition coefficient (Wildman–Crippen LogP) is 5.69. The molecule has 0 spiro atoms. The molecular formula is C20H30N4OS. The van der Waals surface area contributed by atoms with Crippen LogP contribution in [-0.2, 0) is 0 Å². The standard InChI is InChI=1S/C20H30N4OS/c1-2-3-4-5-6-7-8-9-14-25-18-12-10-17(11-13-18)15-22-24-20-23-19(21)16-26-20/h10-13,15-16H,2-9,14,21H2,1H3,(H,23,24).